The molecule has 1 aromatic heterocycles. The summed E-state index contributed by atoms with van der Waals surface area (Å²) < 4.78 is 0. The van der Waals surface area contributed by atoms with Crippen molar-refractivity contribution in [2.75, 3.05) is 18.0 Å². The average molecular weight is 534 g/mol. The summed E-state index contributed by atoms with van der Waals surface area (Å²) in [6.07, 6.45) is 5.61. The van der Waals surface area contributed by atoms with Gasteiger partial charge in [0.25, 0.3) is 5.91 Å². The van der Waals surface area contributed by atoms with E-state index in [-0.39, 0.29) is 36.6 Å². The standard InChI is InChI=1S/C29H35N5O5/c1-17(2)34-24-6-4-3-5-23(24)26(36)25(29(34)39)28(38)32-19-13-20-7-8-21(14-19)33(20)16-22(35)15-31-27(37)18-9-11-30-12-10-18/h3-6,9-12,17,19-22,25,35H,7-8,13-16H2,1-2H3,(H,31,37)(H,32,38)/t19?,20-,21+,22?,25?. The molecule has 5 atom stereocenters. The molecule has 0 aliphatic carbocycles. The third-order valence-corrected chi connectivity index (χ3v) is 8.05. The zero-order chi connectivity index (χ0) is 27.7. The van der Waals surface area contributed by atoms with E-state index in [1.54, 1.807) is 53.7 Å². The number of carbonyl (C=O) groups excluding carboxylic acids is 4. The minimum Gasteiger partial charge on any atom is -0.390 e. The van der Waals surface area contributed by atoms with Gasteiger partial charge in [-0.2, -0.15) is 0 Å². The van der Waals surface area contributed by atoms with Crippen molar-refractivity contribution in [1.82, 2.24) is 20.5 Å². The van der Waals surface area contributed by atoms with Crippen molar-refractivity contribution in [1.29, 1.82) is 0 Å². The number of aliphatic hydroxyl groups excluding tert-OH is 1. The van der Waals surface area contributed by atoms with E-state index in [1.165, 1.54) is 0 Å². The van der Waals surface area contributed by atoms with Gasteiger partial charge in [0, 0.05) is 60.8 Å². The number of aromatic nitrogens is 1. The second kappa shape index (κ2) is 11.2. The summed E-state index contributed by atoms with van der Waals surface area (Å²) in [7, 11) is 0. The Hall–Kier alpha value is -3.63. The number of rotatable bonds is 8. The molecule has 3 aliphatic heterocycles. The number of nitrogens with zero attached hydrogens (tertiary/aromatic N) is 3. The van der Waals surface area contributed by atoms with Crippen LogP contribution in [0.2, 0.25) is 0 Å². The lowest BCUT2D eigenvalue weighted by atomic mass is 9.88. The van der Waals surface area contributed by atoms with E-state index in [0.717, 1.165) is 12.8 Å². The number of fused-ring (bicyclic) bond motifs is 3. The molecule has 1 aromatic carbocycles. The Morgan fingerprint density at radius 2 is 1.72 bits per heavy atom. The van der Waals surface area contributed by atoms with Crippen LogP contribution in [-0.2, 0) is 9.59 Å². The number of pyridine rings is 1. The molecule has 0 spiro atoms. The summed E-state index contributed by atoms with van der Waals surface area (Å²) in [6.45, 7) is 4.29. The van der Waals surface area contributed by atoms with E-state index in [2.05, 4.69) is 20.5 Å². The van der Waals surface area contributed by atoms with Gasteiger partial charge < -0.3 is 20.6 Å². The number of Topliss-reactive ketones (excluding diaryl/α,β-unsaturated/α-hetero) is 1. The maximum absolute atomic E-state index is 13.3. The summed E-state index contributed by atoms with van der Waals surface area (Å²) in [5.74, 6) is -3.12. The lowest BCUT2D eigenvalue weighted by molar-refractivity contribution is -0.132. The Labute approximate surface area is 227 Å². The van der Waals surface area contributed by atoms with Gasteiger partial charge in [-0.05, 0) is 63.8 Å². The van der Waals surface area contributed by atoms with Crippen molar-refractivity contribution >= 4 is 29.2 Å². The van der Waals surface area contributed by atoms with E-state index in [9.17, 15) is 24.3 Å². The molecule has 3 amide bonds. The van der Waals surface area contributed by atoms with E-state index in [0.29, 0.717) is 36.2 Å². The highest BCUT2D eigenvalue weighted by atomic mass is 16.3. The first-order valence-electron chi connectivity index (χ1n) is 13.6. The SMILES string of the molecule is CC(C)N1C(=O)C(C(=O)NC2C[C@H]3CC[C@@H](C2)N3CC(O)CNC(=O)c2ccncc2)C(=O)c2ccccc21. The Balaban J connectivity index is 1.18. The number of aliphatic hydroxyl groups is 1. The zero-order valence-corrected chi connectivity index (χ0v) is 22.2. The maximum atomic E-state index is 13.3. The van der Waals surface area contributed by atoms with Crippen LogP contribution in [0, 0.1) is 5.92 Å². The molecule has 3 aliphatic rings. The van der Waals surface area contributed by atoms with Crippen LogP contribution in [0.15, 0.2) is 48.8 Å². The van der Waals surface area contributed by atoms with E-state index in [1.807, 2.05) is 13.8 Å². The van der Waals surface area contributed by atoms with Gasteiger partial charge >= 0.3 is 0 Å². The Morgan fingerprint density at radius 3 is 2.38 bits per heavy atom. The molecular formula is C29H35N5O5. The van der Waals surface area contributed by atoms with Crippen molar-refractivity contribution in [3.05, 3.63) is 59.9 Å². The van der Waals surface area contributed by atoms with Crippen molar-refractivity contribution in [3.8, 4) is 0 Å². The minimum atomic E-state index is -1.39. The third kappa shape index (κ3) is 5.44. The first-order chi connectivity index (χ1) is 18.7. The fourth-order valence-electron chi connectivity index (χ4n) is 6.28. The van der Waals surface area contributed by atoms with Crippen LogP contribution in [0.5, 0.6) is 0 Å². The van der Waals surface area contributed by atoms with Gasteiger partial charge in [0.15, 0.2) is 11.7 Å². The molecule has 0 saturated carbocycles. The average Bonchev–Trinajstić information content (AvgIpc) is 3.14. The molecule has 2 saturated heterocycles. The number of hydrogen-bond acceptors (Lipinski definition) is 7. The third-order valence-electron chi connectivity index (χ3n) is 8.05. The van der Waals surface area contributed by atoms with E-state index in [4.69, 9.17) is 0 Å². The number of carbonyl (C=O) groups is 4. The summed E-state index contributed by atoms with van der Waals surface area (Å²) >= 11 is 0. The molecular weight excluding hydrogens is 498 g/mol. The number of amides is 3. The first kappa shape index (κ1) is 27.0. The van der Waals surface area contributed by atoms with Crippen LogP contribution in [0.3, 0.4) is 0 Å². The molecule has 2 fully saturated rings. The van der Waals surface area contributed by atoms with Crippen LogP contribution < -0.4 is 15.5 Å². The Kier molecular flexibility index (Phi) is 7.76. The first-order valence-corrected chi connectivity index (χ1v) is 13.6. The van der Waals surface area contributed by atoms with Crippen LogP contribution in [-0.4, -0.2) is 81.9 Å². The summed E-state index contributed by atoms with van der Waals surface area (Å²) in [5, 5.41) is 16.4. The van der Waals surface area contributed by atoms with Gasteiger partial charge in [0.1, 0.15) is 0 Å². The van der Waals surface area contributed by atoms with Crippen molar-refractivity contribution in [2.45, 2.75) is 69.8 Å². The van der Waals surface area contributed by atoms with E-state index < -0.39 is 29.6 Å². The Morgan fingerprint density at radius 1 is 1.05 bits per heavy atom. The summed E-state index contributed by atoms with van der Waals surface area (Å²) in [4.78, 5) is 59.9. The monoisotopic (exact) mass is 533 g/mol. The molecule has 5 rings (SSSR count). The predicted octanol–water partition coefficient (Wildman–Crippen LogP) is 1.54. The molecule has 4 heterocycles. The normalized spacial score (nSPS) is 25.4. The number of anilines is 1. The molecule has 3 unspecified atom stereocenters. The molecule has 10 nitrogen and oxygen atoms in total. The predicted molar refractivity (Wildman–Crippen MR) is 144 cm³/mol. The van der Waals surface area contributed by atoms with Gasteiger partial charge in [-0.25, -0.2) is 0 Å². The van der Waals surface area contributed by atoms with E-state index >= 15 is 0 Å². The van der Waals surface area contributed by atoms with Crippen molar-refractivity contribution < 1.29 is 24.3 Å². The highest BCUT2D eigenvalue weighted by Gasteiger charge is 2.47. The molecule has 39 heavy (non-hydrogen) atoms. The molecule has 0 radical (unpaired) electrons. The number of nitrogens with one attached hydrogen (secondary N) is 2. The molecule has 2 bridgehead atoms. The van der Waals surface area contributed by atoms with Crippen LogP contribution in [0.1, 0.15) is 60.2 Å². The molecule has 206 valence electrons. The highest BCUT2D eigenvalue weighted by molar-refractivity contribution is 6.31. The number of ketones is 1. The molecule has 3 N–H and O–H groups in total. The van der Waals surface area contributed by atoms with Gasteiger partial charge in [-0.1, -0.05) is 12.1 Å². The number of para-hydroxylation sites is 1. The largest absolute Gasteiger partial charge is 0.390 e. The van der Waals surface area contributed by atoms with Gasteiger partial charge in [-0.3, -0.25) is 29.1 Å². The fourth-order valence-corrected chi connectivity index (χ4v) is 6.28. The fraction of sp³-hybridized carbons (Fsp3) is 0.483. The highest BCUT2D eigenvalue weighted by Crippen LogP contribution is 2.37. The second-order valence-corrected chi connectivity index (χ2v) is 11.0. The topological polar surface area (TPSA) is 132 Å². The smallest absolute Gasteiger partial charge is 0.251 e. The van der Waals surface area contributed by atoms with Crippen molar-refractivity contribution in [3.63, 3.8) is 0 Å². The second-order valence-electron chi connectivity index (χ2n) is 11.0. The molecule has 10 heteroatoms. The quantitative estimate of drug-likeness (QED) is 0.439. The van der Waals surface area contributed by atoms with Crippen LogP contribution >= 0.6 is 0 Å². The van der Waals surface area contributed by atoms with Gasteiger partial charge in [0.05, 0.1) is 11.8 Å². The number of piperidine rings is 1. The lowest BCUT2D eigenvalue weighted by Crippen LogP contribution is -2.57. The lowest BCUT2D eigenvalue weighted by Gasteiger charge is -2.41. The van der Waals surface area contributed by atoms with Gasteiger partial charge in [-0.15, -0.1) is 0 Å². The Bertz CT molecular complexity index is 1240. The molecule has 2 aromatic rings. The minimum absolute atomic E-state index is 0.136. The number of benzene rings is 1. The summed E-state index contributed by atoms with van der Waals surface area (Å²) in [6, 6.07) is 10.2. The van der Waals surface area contributed by atoms with Crippen LogP contribution in [0.25, 0.3) is 0 Å². The summed E-state index contributed by atoms with van der Waals surface area (Å²) in [5.41, 5.74) is 1.43. The zero-order valence-electron chi connectivity index (χ0n) is 22.2. The van der Waals surface area contributed by atoms with Gasteiger partial charge in [0.2, 0.25) is 11.8 Å². The van der Waals surface area contributed by atoms with Crippen molar-refractivity contribution in [2.24, 2.45) is 5.92 Å². The van der Waals surface area contributed by atoms with Crippen LogP contribution in [0.4, 0.5) is 5.69 Å². The maximum Gasteiger partial charge on any atom is 0.251 e. The number of hydrogen-bond donors (Lipinski definition) is 3.